The molecule has 0 unspecified atom stereocenters. The number of nitrogens with zero attached hydrogens (tertiary/aromatic N) is 1. The summed E-state index contributed by atoms with van der Waals surface area (Å²) in [6.07, 6.45) is 9.47. The molecule has 1 fully saturated rings. The predicted molar refractivity (Wildman–Crippen MR) is 70.4 cm³/mol. The standard InChI is InChI=1S/C14H24N2O2/c1-17-8-7-15-10-13-14(18-11-16-13)9-12-5-3-2-4-6-12/h11-12,15H,2-10H2,1H3. The minimum atomic E-state index is 0.732. The van der Waals surface area contributed by atoms with Crippen LogP contribution < -0.4 is 5.32 Å². The van der Waals surface area contributed by atoms with Crippen LogP contribution in [0.15, 0.2) is 10.8 Å². The Morgan fingerprint density at radius 1 is 1.39 bits per heavy atom. The predicted octanol–water partition coefficient (Wildman–Crippen LogP) is 2.53. The van der Waals surface area contributed by atoms with Crippen molar-refractivity contribution in [3.05, 3.63) is 17.8 Å². The quantitative estimate of drug-likeness (QED) is 0.758. The second kappa shape index (κ2) is 7.54. The van der Waals surface area contributed by atoms with Crippen molar-refractivity contribution in [1.82, 2.24) is 10.3 Å². The van der Waals surface area contributed by atoms with Gasteiger partial charge in [-0.25, -0.2) is 4.98 Å². The number of ether oxygens (including phenoxy) is 1. The summed E-state index contributed by atoms with van der Waals surface area (Å²) in [6, 6.07) is 0. The van der Waals surface area contributed by atoms with Gasteiger partial charge in [-0.3, -0.25) is 0 Å². The fraction of sp³-hybridized carbons (Fsp3) is 0.786. The van der Waals surface area contributed by atoms with Crippen LogP contribution in [0, 0.1) is 5.92 Å². The Morgan fingerprint density at radius 3 is 3.00 bits per heavy atom. The van der Waals surface area contributed by atoms with Gasteiger partial charge in [0.1, 0.15) is 5.76 Å². The monoisotopic (exact) mass is 252 g/mol. The number of hydrogen-bond donors (Lipinski definition) is 1. The van der Waals surface area contributed by atoms with Gasteiger partial charge in [-0.15, -0.1) is 0 Å². The molecule has 2 rings (SSSR count). The Kier molecular flexibility index (Phi) is 5.68. The SMILES string of the molecule is COCCNCc1ncoc1CC1CCCCC1. The first kappa shape index (κ1) is 13.6. The summed E-state index contributed by atoms with van der Waals surface area (Å²) in [4.78, 5) is 4.31. The number of hydrogen-bond acceptors (Lipinski definition) is 4. The van der Waals surface area contributed by atoms with Gasteiger partial charge in [0.2, 0.25) is 0 Å². The minimum Gasteiger partial charge on any atom is -0.448 e. The molecule has 1 N–H and O–H groups in total. The molecule has 0 saturated heterocycles. The Morgan fingerprint density at radius 2 is 2.22 bits per heavy atom. The van der Waals surface area contributed by atoms with Crippen LogP contribution in [-0.4, -0.2) is 25.2 Å². The molecule has 1 heterocycles. The van der Waals surface area contributed by atoms with Gasteiger partial charge in [-0.05, 0) is 5.92 Å². The smallest absolute Gasteiger partial charge is 0.181 e. The van der Waals surface area contributed by atoms with E-state index in [1.165, 1.54) is 32.1 Å². The molecule has 102 valence electrons. The van der Waals surface area contributed by atoms with E-state index >= 15 is 0 Å². The normalized spacial score (nSPS) is 17.2. The molecule has 0 amide bonds. The molecule has 0 aromatic carbocycles. The third kappa shape index (κ3) is 4.10. The zero-order valence-corrected chi connectivity index (χ0v) is 11.3. The maximum atomic E-state index is 5.54. The largest absolute Gasteiger partial charge is 0.448 e. The van der Waals surface area contributed by atoms with E-state index in [1.54, 1.807) is 13.5 Å². The Bertz CT molecular complexity index is 332. The second-order valence-corrected chi connectivity index (χ2v) is 5.10. The van der Waals surface area contributed by atoms with Crippen LogP contribution in [-0.2, 0) is 17.7 Å². The van der Waals surface area contributed by atoms with Gasteiger partial charge in [0, 0.05) is 26.6 Å². The van der Waals surface area contributed by atoms with Gasteiger partial charge in [-0.1, -0.05) is 32.1 Å². The summed E-state index contributed by atoms with van der Waals surface area (Å²) in [5, 5.41) is 3.32. The van der Waals surface area contributed by atoms with E-state index in [9.17, 15) is 0 Å². The highest BCUT2D eigenvalue weighted by Gasteiger charge is 2.18. The fourth-order valence-corrected chi connectivity index (χ4v) is 2.64. The molecule has 18 heavy (non-hydrogen) atoms. The summed E-state index contributed by atoms with van der Waals surface area (Å²) in [5.41, 5.74) is 1.07. The molecular weight excluding hydrogens is 228 g/mol. The fourth-order valence-electron chi connectivity index (χ4n) is 2.64. The van der Waals surface area contributed by atoms with Gasteiger partial charge in [0.25, 0.3) is 0 Å². The summed E-state index contributed by atoms with van der Waals surface area (Å²) in [7, 11) is 1.71. The van der Waals surface area contributed by atoms with Gasteiger partial charge >= 0.3 is 0 Å². The minimum absolute atomic E-state index is 0.732. The number of rotatable bonds is 7. The third-order valence-electron chi connectivity index (χ3n) is 3.70. The average Bonchev–Trinajstić information content (AvgIpc) is 2.83. The molecular formula is C14H24N2O2. The summed E-state index contributed by atoms with van der Waals surface area (Å²) in [5.74, 6) is 1.87. The van der Waals surface area contributed by atoms with Crippen molar-refractivity contribution in [2.24, 2.45) is 5.92 Å². The molecule has 1 saturated carbocycles. The first-order valence-electron chi connectivity index (χ1n) is 7.01. The highest BCUT2D eigenvalue weighted by atomic mass is 16.5. The third-order valence-corrected chi connectivity index (χ3v) is 3.70. The first-order valence-corrected chi connectivity index (χ1v) is 7.01. The van der Waals surface area contributed by atoms with E-state index in [0.29, 0.717) is 0 Å². The van der Waals surface area contributed by atoms with Crippen LogP contribution >= 0.6 is 0 Å². The molecule has 0 spiro atoms. The van der Waals surface area contributed by atoms with Crippen molar-refractivity contribution in [2.45, 2.75) is 45.1 Å². The number of methoxy groups -OCH3 is 1. The zero-order chi connectivity index (χ0) is 12.6. The molecule has 1 aliphatic carbocycles. The van der Waals surface area contributed by atoms with Crippen LogP contribution in [0.4, 0.5) is 0 Å². The van der Waals surface area contributed by atoms with Crippen molar-refractivity contribution in [3.63, 3.8) is 0 Å². The van der Waals surface area contributed by atoms with Crippen molar-refractivity contribution in [1.29, 1.82) is 0 Å². The van der Waals surface area contributed by atoms with Gasteiger partial charge in [0.05, 0.1) is 12.3 Å². The molecule has 0 radical (unpaired) electrons. The van der Waals surface area contributed by atoms with E-state index in [0.717, 1.165) is 43.5 Å². The van der Waals surface area contributed by atoms with E-state index in [-0.39, 0.29) is 0 Å². The van der Waals surface area contributed by atoms with Crippen LogP contribution in [0.1, 0.15) is 43.6 Å². The van der Waals surface area contributed by atoms with E-state index in [1.807, 2.05) is 0 Å². The average molecular weight is 252 g/mol. The van der Waals surface area contributed by atoms with Gasteiger partial charge in [-0.2, -0.15) is 0 Å². The molecule has 0 aliphatic heterocycles. The highest BCUT2D eigenvalue weighted by molar-refractivity contribution is 5.08. The maximum absolute atomic E-state index is 5.54. The highest BCUT2D eigenvalue weighted by Crippen LogP contribution is 2.27. The molecule has 4 nitrogen and oxygen atoms in total. The topological polar surface area (TPSA) is 47.3 Å². The van der Waals surface area contributed by atoms with Gasteiger partial charge < -0.3 is 14.5 Å². The molecule has 0 bridgehead atoms. The Hall–Kier alpha value is -0.870. The van der Waals surface area contributed by atoms with E-state index < -0.39 is 0 Å². The Balaban J connectivity index is 1.79. The zero-order valence-electron chi connectivity index (χ0n) is 11.3. The second-order valence-electron chi connectivity index (χ2n) is 5.10. The lowest BCUT2D eigenvalue weighted by Crippen LogP contribution is -2.20. The van der Waals surface area contributed by atoms with E-state index in [2.05, 4.69) is 10.3 Å². The number of oxazole rings is 1. The van der Waals surface area contributed by atoms with Crippen molar-refractivity contribution in [3.8, 4) is 0 Å². The number of nitrogens with one attached hydrogen (secondary N) is 1. The Labute approximate surface area is 109 Å². The molecule has 0 atom stereocenters. The van der Waals surface area contributed by atoms with Gasteiger partial charge in [0.15, 0.2) is 6.39 Å². The first-order chi connectivity index (χ1) is 8.90. The van der Waals surface area contributed by atoms with E-state index in [4.69, 9.17) is 9.15 Å². The molecule has 1 aliphatic rings. The molecule has 4 heteroatoms. The summed E-state index contributed by atoms with van der Waals surface area (Å²) < 4.78 is 10.5. The van der Waals surface area contributed by atoms with Crippen LogP contribution in [0.25, 0.3) is 0 Å². The lowest BCUT2D eigenvalue weighted by Gasteiger charge is -2.20. The molecule has 1 aromatic rings. The maximum Gasteiger partial charge on any atom is 0.181 e. The van der Waals surface area contributed by atoms with Crippen LogP contribution in [0.5, 0.6) is 0 Å². The van der Waals surface area contributed by atoms with Crippen molar-refractivity contribution < 1.29 is 9.15 Å². The van der Waals surface area contributed by atoms with Crippen molar-refractivity contribution >= 4 is 0 Å². The van der Waals surface area contributed by atoms with Crippen molar-refractivity contribution in [2.75, 3.05) is 20.3 Å². The number of aromatic nitrogens is 1. The van der Waals surface area contributed by atoms with Crippen LogP contribution in [0.3, 0.4) is 0 Å². The molecule has 1 aromatic heterocycles. The lowest BCUT2D eigenvalue weighted by atomic mass is 9.86. The van der Waals surface area contributed by atoms with Crippen LogP contribution in [0.2, 0.25) is 0 Å². The summed E-state index contributed by atoms with van der Waals surface area (Å²) >= 11 is 0. The summed E-state index contributed by atoms with van der Waals surface area (Å²) in [6.45, 7) is 2.37. The lowest BCUT2D eigenvalue weighted by molar-refractivity contribution is 0.199.